The smallest absolute Gasteiger partial charge is 0.172 e. The summed E-state index contributed by atoms with van der Waals surface area (Å²) >= 11 is 0. The third-order valence-corrected chi connectivity index (χ3v) is 4.51. The number of aryl methyl sites for hydroxylation is 2. The molecule has 0 radical (unpaired) electrons. The largest absolute Gasteiger partial charge is 0.293 e. The summed E-state index contributed by atoms with van der Waals surface area (Å²) in [5.74, 6) is 0.239. The standard InChI is InChI=1S/C15H23OP/c1-7-15(6,17)14(16)13-10(3)8-9(2)11(4)12(13)5/h8H,7,17H2,1-6H3. The summed E-state index contributed by atoms with van der Waals surface area (Å²) in [6.45, 7) is 12.3. The van der Waals surface area contributed by atoms with Crippen molar-refractivity contribution in [3.8, 4) is 0 Å². The van der Waals surface area contributed by atoms with Gasteiger partial charge in [-0.2, -0.15) is 0 Å². The number of rotatable bonds is 3. The van der Waals surface area contributed by atoms with Crippen molar-refractivity contribution in [2.75, 3.05) is 0 Å². The van der Waals surface area contributed by atoms with Gasteiger partial charge in [-0.25, -0.2) is 0 Å². The van der Waals surface area contributed by atoms with Crippen LogP contribution in [-0.2, 0) is 0 Å². The van der Waals surface area contributed by atoms with E-state index in [9.17, 15) is 4.79 Å². The summed E-state index contributed by atoms with van der Waals surface area (Å²) < 4.78 is 0. The van der Waals surface area contributed by atoms with E-state index >= 15 is 0 Å². The fourth-order valence-electron chi connectivity index (χ4n) is 2.08. The van der Waals surface area contributed by atoms with Gasteiger partial charge in [-0.1, -0.05) is 13.0 Å². The van der Waals surface area contributed by atoms with E-state index in [4.69, 9.17) is 0 Å². The van der Waals surface area contributed by atoms with Gasteiger partial charge >= 0.3 is 0 Å². The molecule has 0 fully saturated rings. The Morgan fingerprint density at radius 1 is 1.18 bits per heavy atom. The van der Waals surface area contributed by atoms with Crippen LogP contribution >= 0.6 is 9.24 Å². The average Bonchev–Trinajstić information content (AvgIpc) is 2.26. The van der Waals surface area contributed by atoms with E-state index in [1.54, 1.807) is 0 Å². The summed E-state index contributed by atoms with van der Waals surface area (Å²) in [5, 5.41) is -0.350. The summed E-state index contributed by atoms with van der Waals surface area (Å²) in [6.07, 6.45) is 0.836. The number of hydrogen-bond acceptors (Lipinski definition) is 1. The van der Waals surface area contributed by atoms with Gasteiger partial charge in [-0.3, -0.25) is 4.79 Å². The van der Waals surface area contributed by atoms with Crippen LogP contribution in [0.5, 0.6) is 0 Å². The SMILES string of the molecule is CCC(C)(P)C(=O)c1c(C)cc(C)c(C)c1C. The van der Waals surface area contributed by atoms with Gasteiger partial charge < -0.3 is 0 Å². The molecule has 0 saturated carbocycles. The maximum atomic E-state index is 12.6. The minimum atomic E-state index is -0.350. The zero-order valence-corrected chi connectivity index (χ0v) is 12.9. The van der Waals surface area contributed by atoms with Gasteiger partial charge in [0.1, 0.15) is 0 Å². The predicted octanol–water partition coefficient (Wildman–Crippen LogP) is 4.15. The van der Waals surface area contributed by atoms with Crippen molar-refractivity contribution < 1.29 is 4.79 Å². The quantitative estimate of drug-likeness (QED) is 0.582. The molecule has 0 N–H and O–H groups in total. The highest BCUT2D eigenvalue weighted by Gasteiger charge is 2.29. The van der Waals surface area contributed by atoms with Crippen LogP contribution in [0.15, 0.2) is 6.07 Å². The van der Waals surface area contributed by atoms with Crippen LogP contribution in [0.1, 0.15) is 52.9 Å². The van der Waals surface area contributed by atoms with Crippen molar-refractivity contribution in [3.63, 3.8) is 0 Å². The summed E-state index contributed by atoms with van der Waals surface area (Å²) in [4.78, 5) is 12.6. The first-order valence-corrected chi connectivity index (χ1v) is 6.71. The molecule has 0 aliphatic rings. The minimum absolute atomic E-state index is 0.239. The lowest BCUT2D eigenvalue weighted by molar-refractivity contribution is 0.0946. The molecule has 1 rings (SSSR count). The molecule has 1 nitrogen and oxygen atoms in total. The Balaban J connectivity index is 3.43. The summed E-state index contributed by atoms with van der Waals surface area (Å²) in [6, 6.07) is 2.12. The average molecular weight is 250 g/mol. The van der Waals surface area contributed by atoms with Gasteiger partial charge in [0.2, 0.25) is 0 Å². The molecular formula is C15H23OP. The molecule has 0 aromatic heterocycles. The predicted molar refractivity (Wildman–Crippen MR) is 78.1 cm³/mol. The molecule has 17 heavy (non-hydrogen) atoms. The topological polar surface area (TPSA) is 17.1 Å². The monoisotopic (exact) mass is 250 g/mol. The Bertz CT molecular complexity index is 458. The van der Waals surface area contributed by atoms with Crippen LogP contribution < -0.4 is 0 Å². The highest BCUT2D eigenvalue weighted by molar-refractivity contribution is 7.21. The molecule has 0 saturated heterocycles. The Morgan fingerprint density at radius 2 is 1.71 bits per heavy atom. The van der Waals surface area contributed by atoms with Crippen LogP contribution in [0, 0.1) is 27.7 Å². The maximum absolute atomic E-state index is 12.6. The van der Waals surface area contributed by atoms with Gasteiger partial charge in [0, 0.05) is 10.7 Å². The first-order valence-electron chi connectivity index (χ1n) is 6.13. The van der Waals surface area contributed by atoms with Crippen molar-refractivity contribution in [3.05, 3.63) is 33.9 Å². The Kier molecular flexibility index (Phi) is 4.15. The normalized spacial score (nSPS) is 14.5. The maximum Gasteiger partial charge on any atom is 0.172 e. The molecule has 0 amide bonds. The van der Waals surface area contributed by atoms with Crippen molar-refractivity contribution in [1.82, 2.24) is 0 Å². The Labute approximate surface area is 107 Å². The van der Waals surface area contributed by atoms with Gasteiger partial charge in [0.05, 0.1) is 0 Å². The molecule has 0 aliphatic heterocycles. The van der Waals surface area contributed by atoms with Gasteiger partial charge in [-0.05, 0) is 63.3 Å². The van der Waals surface area contributed by atoms with Crippen LogP contribution in [0.4, 0.5) is 0 Å². The van der Waals surface area contributed by atoms with Gasteiger partial charge in [0.25, 0.3) is 0 Å². The minimum Gasteiger partial charge on any atom is -0.293 e. The fraction of sp³-hybridized carbons (Fsp3) is 0.533. The van der Waals surface area contributed by atoms with E-state index in [-0.39, 0.29) is 10.9 Å². The summed E-state index contributed by atoms with van der Waals surface area (Å²) in [5.41, 5.74) is 5.63. The van der Waals surface area contributed by atoms with Crippen molar-refractivity contribution in [2.45, 2.75) is 53.1 Å². The number of benzene rings is 1. The zero-order valence-electron chi connectivity index (χ0n) is 11.8. The fourth-order valence-corrected chi connectivity index (χ4v) is 2.22. The van der Waals surface area contributed by atoms with Crippen molar-refractivity contribution >= 4 is 15.0 Å². The van der Waals surface area contributed by atoms with Crippen LogP contribution in [-0.4, -0.2) is 10.9 Å². The molecule has 2 heteroatoms. The summed E-state index contributed by atoms with van der Waals surface area (Å²) in [7, 11) is 2.70. The highest BCUT2D eigenvalue weighted by atomic mass is 31.0. The second kappa shape index (κ2) is 4.90. The molecule has 1 aromatic rings. The molecule has 0 spiro atoms. The van der Waals surface area contributed by atoms with E-state index in [1.165, 1.54) is 11.1 Å². The molecule has 2 atom stereocenters. The molecule has 0 heterocycles. The number of carbonyl (C=O) groups excluding carboxylic acids is 1. The lowest BCUT2D eigenvalue weighted by atomic mass is 9.86. The Morgan fingerprint density at radius 3 is 2.18 bits per heavy atom. The van der Waals surface area contributed by atoms with Crippen LogP contribution in [0.3, 0.4) is 0 Å². The van der Waals surface area contributed by atoms with Crippen LogP contribution in [0.25, 0.3) is 0 Å². The van der Waals surface area contributed by atoms with E-state index in [0.29, 0.717) is 0 Å². The zero-order chi connectivity index (χ0) is 13.4. The first kappa shape index (κ1) is 14.4. The number of Topliss-reactive ketones (excluding diaryl/α,β-unsaturated/α-hetero) is 1. The first-order chi connectivity index (χ1) is 7.72. The van der Waals surface area contributed by atoms with Crippen LogP contribution in [0.2, 0.25) is 0 Å². The Hall–Kier alpha value is -0.680. The molecule has 0 bridgehead atoms. The van der Waals surface area contributed by atoms with E-state index in [0.717, 1.165) is 23.1 Å². The molecular weight excluding hydrogens is 227 g/mol. The molecule has 1 aromatic carbocycles. The molecule has 94 valence electrons. The van der Waals surface area contributed by atoms with E-state index < -0.39 is 0 Å². The van der Waals surface area contributed by atoms with Crippen molar-refractivity contribution in [2.24, 2.45) is 0 Å². The van der Waals surface area contributed by atoms with Crippen molar-refractivity contribution in [1.29, 1.82) is 0 Å². The number of ketones is 1. The van der Waals surface area contributed by atoms with Gasteiger partial charge in [0.15, 0.2) is 5.78 Å². The van der Waals surface area contributed by atoms with E-state index in [2.05, 4.69) is 43.0 Å². The lowest BCUT2D eigenvalue weighted by Gasteiger charge is -2.24. The second-order valence-electron chi connectivity index (χ2n) is 5.24. The third kappa shape index (κ3) is 2.60. The number of hydrogen-bond donors (Lipinski definition) is 0. The molecule has 2 unspecified atom stereocenters. The van der Waals surface area contributed by atoms with E-state index in [1.807, 2.05) is 13.8 Å². The second-order valence-corrected chi connectivity index (χ2v) is 6.51. The molecule has 0 aliphatic carbocycles. The third-order valence-electron chi connectivity index (χ3n) is 3.84. The lowest BCUT2D eigenvalue weighted by Crippen LogP contribution is -2.29. The highest BCUT2D eigenvalue weighted by Crippen LogP contribution is 2.31. The van der Waals surface area contributed by atoms with Gasteiger partial charge in [-0.15, -0.1) is 9.24 Å². The number of carbonyl (C=O) groups is 1.